The molecule has 148 valence electrons. The standard InChI is InChI=1S/C25H31FN2/c1-18-9-8-12-22(23(18)27)15-19(2)20(3)28-24(4,17-25(26)13-14-25)16-21-10-6-5-7-11-21/h5-12,15,28H,3,13-14,16-17,27H2,1-2,4H3/b19-15+. The van der Waals surface area contributed by atoms with Crippen molar-refractivity contribution in [2.24, 2.45) is 0 Å². The Labute approximate surface area is 168 Å². The lowest BCUT2D eigenvalue weighted by Gasteiger charge is -2.35. The second-order valence-electron chi connectivity index (χ2n) is 8.56. The van der Waals surface area contributed by atoms with Crippen LogP contribution in [0.2, 0.25) is 0 Å². The van der Waals surface area contributed by atoms with Crippen molar-refractivity contribution in [2.75, 3.05) is 5.73 Å². The molecule has 1 aliphatic rings. The van der Waals surface area contributed by atoms with E-state index in [9.17, 15) is 4.39 Å². The lowest BCUT2D eigenvalue weighted by atomic mass is 9.86. The van der Waals surface area contributed by atoms with E-state index >= 15 is 0 Å². The van der Waals surface area contributed by atoms with Crippen molar-refractivity contribution in [2.45, 2.75) is 57.7 Å². The second kappa shape index (κ2) is 7.83. The van der Waals surface area contributed by atoms with E-state index < -0.39 is 11.2 Å². The van der Waals surface area contributed by atoms with E-state index in [1.165, 1.54) is 5.56 Å². The lowest BCUT2D eigenvalue weighted by Crippen LogP contribution is -2.46. The first-order chi connectivity index (χ1) is 13.2. The summed E-state index contributed by atoms with van der Waals surface area (Å²) >= 11 is 0. The summed E-state index contributed by atoms with van der Waals surface area (Å²) in [5.41, 5.74) is 10.6. The van der Waals surface area contributed by atoms with E-state index in [4.69, 9.17) is 5.73 Å². The van der Waals surface area contributed by atoms with Gasteiger partial charge in [-0.05, 0) is 68.4 Å². The van der Waals surface area contributed by atoms with Crippen molar-refractivity contribution in [3.8, 4) is 0 Å². The highest BCUT2D eigenvalue weighted by Crippen LogP contribution is 2.46. The maximum Gasteiger partial charge on any atom is 0.113 e. The van der Waals surface area contributed by atoms with Crippen LogP contribution >= 0.6 is 0 Å². The average Bonchev–Trinajstić information content (AvgIpc) is 3.35. The molecule has 3 N–H and O–H groups in total. The van der Waals surface area contributed by atoms with Gasteiger partial charge in [0.15, 0.2) is 0 Å². The van der Waals surface area contributed by atoms with Crippen LogP contribution < -0.4 is 11.1 Å². The number of para-hydroxylation sites is 1. The number of rotatable bonds is 8. The molecule has 0 heterocycles. The van der Waals surface area contributed by atoms with Gasteiger partial charge in [-0.3, -0.25) is 0 Å². The van der Waals surface area contributed by atoms with Gasteiger partial charge < -0.3 is 11.1 Å². The van der Waals surface area contributed by atoms with Crippen molar-refractivity contribution in [3.05, 3.63) is 83.1 Å². The molecule has 0 aromatic heterocycles. The zero-order chi connectivity index (χ0) is 20.4. The molecule has 1 unspecified atom stereocenters. The van der Waals surface area contributed by atoms with Crippen LogP contribution in [0.1, 0.15) is 49.8 Å². The van der Waals surface area contributed by atoms with Gasteiger partial charge >= 0.3 is 0 Å². The molecular formula is C25H31FN2. The Kier molecular flexibility index (Phi) is 5.64. The number of hydrogen-bond acceptors (Lipinski definition) is 2. The minimum Gasteiger partial charge on any atom is -0.398 e. The first-order valence-corrected chi connectivity index (χ1v) is 9.93. The normalized spacial score (nSPS) is 17.6. The van der Waals surface area contributed by atoms with Gasteiger partial charge in [0.1, 0.15) is 5.67 Å². The highest BCUT2D eigenvalue weighted by atomic mass is 19.1. The third-order valence-corrected chi connectivity index (χ3v) is 5.60. The number of nitrogens with one attached hydrogen (secondary N) is 1. The fraction of sp³-hybridized carbons (Fsp3) is 0.360. The Morgan fingerprint density at radius 1 is 1.21 bits per heavy atom. The van der Waals surface area contributed by atoms with Crippen molar-refractivity contribution in [3.63, 3.8) is 0 Å². The van der Waals surface area contributed by atoms with Crippen LogP contribution in [0.25, 0.3) is 6.08 Å². The third kappa shape index (κ3) is 5.03. The van der Waals surface area contributed by atoms with Gasteiger partial charge in [0.05, 0.1) is 0 Å². The fourth-order valence-electron chi connectivity index (χ4n) is 3.82. The summed E-state index contributed by atoms with van der Waals surface area (Å²) in [6.45, 7) is 10.4. The third-order valence-electron chi connectivity index (χ3n) is 5.60. The number of aryl methyl sites for hydroxylation is 1. The van der Waals surface area contributed by atoms with Crippen LogP contribution in [0.5, 0.6) is 0 Å². The summed E-state index contributed by atoms with van der Waals surface area (Å²) in [6.07, 6.45) is 4.58. The summed E-state index contributed by atoms with van der Waals surface area (Å²) < 4.78 is 14.7. The first-order valence-electron chi connectivity index (χ1n) is 9.93. The van der Waals surface area contributed by atoms with Crippen LogP contribution in [0.4, 0.5) is 10.1 Å². The van der Waals surface area contributed by atoms with Gasteiger partial charge in [-0.15, -0.1) is 0 Å². The topological polar surface area (TPSA) is 38.0 Å². The molecule has 2 nitrogen and oxygen atoms in total. The number of alkyl halides is 1. The maximum absolute atomic E-state index is 14.7. The molecule has 0 radical (unpaired) electrons. The molecule has 0 bridgehead atoms. The molecule has 3 heteroatoms. The molecule has 2 aromatic rings. The van der Waals surface area contributed by atoms with Crippen LogP contribution in [0.3, 0.4) is 0 Å². The number of halogens is 1. The summed E-state index contributed by atoms with van der Waals surface area (Å²) in [7, 11) is 0. The number of anilines is 1. The van der Waals surface area contributed by atoms with E-state index in [0.717, 1.165) is 34.5 Å². The smallest absolute Gasteiger partial charge is 0.113 e. The van der Waals surface area contributed by atoms with E-state index in [-0.39, 0.29) is 0 Å². The van der Waals surface area contributed by atoms with E-state index in [0.29, 0.717) is 19.3 Å². The van der Waals surface area contributed by atoms with E-state index in [1.54, 1.807) is 0 Å². The number of benzene rings is 2. The molecule has 0 amide bonds. The van der Waals surface area contributed by atoms with Crippen LogP contribution in [-0.2, 0) is 6.42 Å². The Bertz CT molecular complexity index is 881. The molecule has 0 aliphatic heterocycles. The lowest BCUT2D eigenvalue weighted by molar-refractivity contribution is 0.209. The number of allylic oxidation sites excluding steroid dienone is 1. The monoisotopic (exact) mass is 378 g/mol. The summed E-state index contributed by atoms with van der Waals surface area (Å²) in [4.78, 5) is 0. The van der Waals surface area contributed by atoms with Crippen molar-refractivity contribution >= 4 is 11.8 Å². The van der Waals surface area contributed by atoms with Crippen LogP contribution in [-0.4, -0.2) is 11.2 Å². The van der Waals surface area contributed by atoms with Gasteiger partial charge in [-0.2, -0.15) is 0 Å². The minimum absolute atomic E-state index is 0.406. The van der Waals surface area contributed by atoms with Crippen molar-refractivity contribution in [1.82, 2.24) is 5.32 Å². The van der Waals surface area contributed by atoms with Crippen LogP contribution in [0, 0.1) is 6.92 Å². The zero-order valence-electron chi connectivity index (χ0n) is 17.2. The Hall–Kier alpha value is -2.55. The van der Waals surface area contributed by atoms with Crippen molar-refractivity contribution < 1.29 is 4.39 Å². The van der Waals surface area contributed by atoms with Gasteiger partial charge in [0, 0.05) is 23.3 Å². The second-order valence-corrected chi connectivity index (χ2v) is 8.56. The highest BCUT2D eigenvalue weighted by molar-refractivity contribution is 5.70. The first kappa shape index (κ1) is 20.2. The molecule has 0 spiro atoms. The molecule has 0 saturated heterocycles. The average molecular weight is 379 g/mol. The summed E-state index contributed by atoms with van der Waals surface area (Å²) in [5, 5.41) is 3.55. The molecule has 28 heavy (non-hydrogen) atoms. The molecule has 1 saturated carbocycles. The Morgan fingerprint density at radius 3 is 2.54 bits per heavy atom. The highest BCUT2D eigenvalue weighted by Gasteiger charge is 2.48. The number of hydrogen-bond donors (Lipinski definition) is 2. The van der Waals surface area contributed by atoms with Crippen LogP contribution in [0.15, 0.2) is 66.4 Å². The van der Waals surface area contributed by atoms with E-state index in [2.05, 4.69) is 31.0 Å². The van der Waals surface area contributed by atoms with Gasteiger partial charge in [0.25, 0.3) is 0 Å². The SMILES string of the molecule is C=C(NC(C)(Cc1ccccc1)CC1(F)CC1)/C(C)=C/c1cccc(C)c1N. The minimum atomic E-state index is -1.05. The molecule has 3 rings (SSSR count). The number of nitrogen functional groups attached to an aromatic ring is 1. The maximum atomic E-state index is 14.7. The molecule has 1 fully saturated rings. The predicted octanol–water partition coefficient (Wildman–Crippen LogP) is 5.98. The number of nitrogens with two attached hydrogens (primary N) is 1. The van der Waals surface area contributed by atoms with Gasteiger partial charge in [0.2, 0.25) is 0 Å². The zero-order valence-corrected chi connectivity index (χ0v) is 17.2. The molecule has 2 aromatic carbocycles. The predicted molar refractivity (Wildman–Crippen MR) is 118 cm³/mol. The molecule has 1 aliphatic carbocycles. The summed E-state index contributed by atoms with van der Waals surface area (Å²) in [6, 6.07) is 16.3. The van der Waals surface area contributed by atoms with E-state index in [1.807, 2.05) is 56.3 Å². The van der Waals surface area contributed by atoms with Gasteiger partial charge in [-0.25, -0.2) is 4.39 Å². The quantitative estimate of drug-likeness (QED) is 0.438. The van der Waals surface area contributed by atoms with Gasteiger partial charge in [-0.1, -0.05) is 55.1 Å². The molecular weight excluding hydrogens is 347 g/mol. The molecule has 1 atom stereocenters. The Morgan fingerprint density at radius 2 is 1.89 bits per heavy atom. The largest absolute Gasteiger partial charge is 0.398 e. The Balaban J connectivity index is 1.80. The summed E-state index contributed by atoms with van der Waals surface area (Å²) in [5.74, 6) is 0. The fourth-order valence-corrected chi connectivity index (χ4v) is 3.82. The van der Waals surface area contributed by atoms with Crippen molar-refractivity contribution in [1.29, 1.82) is 0 Å².